The number of alkyl halides is 3. The largest absolute Gasteiger partial charge is 0.416 e. The van der Waals surface area contributed by atoms with Crippen molar-refractivity contribution in [2.24, 2.45) is 0 Å². The van der Waals surface area contributed by atoms with Crippen LogP contribution in [0.1, 0.15) is 41.1 Å². The molecule has 5 nitrogen and oxygen atoms in total. The Morgan fingerprint density at radius 2 is 1.96 bits per heavy atom. The number of hydrogen-bond donors (Lipinski definition) is 1. The Morgan fingerprint density at radius 1 is 1.32 bits per heavy atom. The second kappa shape index (κ2) is 7.16. The van der Waals surface area contributed by atoms with Gasteiger partial charge in [-0.15, -0.1) is 0 Å². The number of carbonyl (C=O) groups is 1. The topological polar surface area (TPSA) is 58.4 Å². The molecule has 2 rings (SSSR count). The number of hydrogen-bond acceptors (Lipinski definition) is 3. The average Bonchev–Trinajstić information content (AvgIpc) is 2.85. The Kier molecular flexibility index (Phi) is 5.39. The second-order valence-corrected chi connectivity index (χ2v) is 5.91. The Bertz CT molecular complexity index is 736. The first-order valence-corrected chi connectivity index (χ1v) is 7.70. The highest BCUT2D eigenvalue weighted by atomic mass is 19.4. The van der Waals surface area contributed by atoms with Crippen molar-refractivity contribution in [3.05, 3.63) is 52.4 Å². The van der Waals surface area contributed by atoms with Crippen LogP contribution in [-0.2, 0) is 12.7 Å². The quantitative estimate of drug-likeness (QED) is 0.894. The third-order valence-electron chi connectivity index (χ3n) is 4.00. The summed E-state index contributed by atoms with van der Waals surface area (Å²) in [5, 5.41) is 6.41. The van der Waals surface area contributed by atoms with Gasteiger partial charge in [0.25, 0.3) is 0 Å². The molecule has 0 aliphatic rings. The molecule has 1 N–H and O–H groups in total. The lowest BCUT2D eigenvalue weighted by molar-refractivity contribution is -0.138. The molecule has 0 radical (unpaired) electrons. The minimum absolute atomic E-state index is 0.0223. The van der Waals surface area contributed by atoms with E-state index >= 15 is 0 Å². The lowest BCUT2D eigenvalue weighted by Gasteiger charge is -2.23. The maximum absolute atomic E-state index is 13.1. The van der Waals surface area contributed by atoms with Gasteiger partial charge < -0.3 is 14.7 Å². The Labute approximate surface area is 143 Å². The van der Waals surface area contributed by atoms with Crippen molar-refractivity contribution in [3.63, 3.8) is 0 Å². The molecule has 2 amide bonds. The molecule has 0 saturated heterocycles. The highest BCUT2D eigenvalue weighted by molar-refractivity contribution is 5.74. The number of carbonyl (C=O) groups excluding carboxylic acids is 1. The standard InChI is InChI=1S/C17H20F3N3O2/c1-10(13-7-5-6-8-15(13)17(18,19)20)21-16(24)23(4)9-14-11(2)22-25-12(14)3/h5-8,10H,9H2,1-4H3,(H,21,24). The fraction of sp³-hybridized carbons (Fsp3) is 0.412. The van der Waals surface area contributed by atoms with E-state index in [0.29, 0.717) is 11.5 Å². The third kappa shape index (κ3) is 4.32. The average molecular weight is 355 g/mol. The van der Waals surface area contributed by atoms with E-state index in [9.17, 15) is 18.0 Å². The van der Waals surface area contributed by atoms with Crippen LogP contribution in [-0.4, -0.2) is 23.1 Å². The minimum atomic E-state index is -4.47. The summed E-state index contributed by atoms with van der Waals surface area (Å²) in [7, 11) is 1.56. The van der Waals surface area contributed by atoms with Crippen molar-refractivity contribution in [2.75, 3.05) is 7.05 Å². The van der Waals surface area contributed by atoms with E-state index in [1.807, 2.05) is 0 Å². The van der Waals surface area contributed by atoms with Gasteiger partial charge in [-0.1, -0.05) is 23.4 Å². The minimum Gasteiger partial charge on any atom is -0.361 e. The molecule has 25 heavy (non-hydrogen) atoms. The summed E-state index contributed by atoms with van der Waals surface area (Å²) in [5.74, 6) is 0.604. The molecule has 0 spiro atoms. The first-order valence-electron chi connectivity index (χ1n) is 7.70. The zero-order valence-electron chi connectivity index (χ0n) is 14.4. The van der Waals surface area contributed by atoms with Gasteiger partial charge in [0.1, 0.15) is 5.76 Å². The van der Waals surface area contributed by atoms with Crippen LogP contribution in [0.3, 0.4) is 0 Å². The Morgan fingerprint density at radius 3 is 2.52 bits per heavy atom. The van der Waals surface area contributed by atoms with E-state index < -0.39 is 23.8 Å². The number of aryl methyl sites for hydroxylation is 2. The Hall–Kier alpha value is -2.51. The van der Waals surface area contributed by atoms with Crippen LogP contribution in [0.5, 0.6) is 0 Å². The summed E-state index contributed by atoms with van der Waals surface area (Å²) in [6.07, 6.45) is -4.47. The summed E-state index contributed by atoms with van der Waals surface area (Å²) in [4.78, 5) is 13.7. The van der Waals surface area contributed by atoms with Gasteiger partial charge >= 0.3 is 12.2 Å². The van der Waals surface area contributed by atoms with Crippen molar-refractivity contribution in [1.29, 1.82) is 0 Å². The summed E-state index contributed by atoms with van der Waals surface area (Å²) >= 11 is 0. The molecule has 0 aliphatic heterocycles. The SMILES string of the molecule is Cc1noc(C)c1CN(C)C(=O)NC(C)c1ccccc1C(F)(F)F. The van der Waals surface area contributed by atoms with Crippen LogP contribution in [0.15, 0.2) is 28.8 Å². The van der Waals surface area contributed by atoms with Gasteiger partial charge in [0.2, 0.25) is 0 Å². The summed E-state index contributed by atoms with van der Waals surface area (Å²) in [6.45, 7) is 5.27. The molecule has 1 aromatic heterocycles. The molecular formula is C17H20F3N3O2. The molecule has 0 bridgehead atoms. The maximum Gasteiger partial charge on any atom is 0.416 e. The van der Waals surface area contributed by atoms with Gasteiger partial charge in [-0.25, -0.2) is 4.79 Å². The first kappa shape index (κ1) is 18.8. The number of halogens is 3. The smallest absolute Gasteiger partial charge is 0.361 e. The van der Waals surface area contributed by atoms with Crippen LogP contribution in [0.2, 0.25) is 0 Å². The molecule has 1 heterocycles. The molecular weight excluding hydrogens is 335 g/mol. The molecule has 136 valence electrons. The van der Waals surface area contributed by atoms with E-state index in [2.05, 4.69) is 10.5 Å². The molecule has 1 unspecified atom stereocenters. The number of nitrogens with one attached hydrogen (secondary N) is 1. The summed E-state index contributed by atoms with van der Waals surface area (Å²) in [5.41, 5.74) is 0.721. The predicted molar refractivity (Wildman–Crippen MR) is 85.8 cm³/mol. The number of urea groups is 1. The predicted octanol–water partition coefficient (Wildman–Crippen LogP) is 4.21. The summed E-state index contributed by atoms with van der Waals surface area (Å²) < 4.78 is 44.4. The number of aromatic nitrogens is 1. The van der Waals surface area contributed by atoms with Crippen LogP contribution in [0, 0.1) is 13.8 Å². The molecule has 8 heteroatoms. The van der Waals surface area contributed by atoms with Crippen LogP contribution in [0.4, 0.5) is 18.0 Å². The van der Waals surface area contributed by atoms with E-state index in [4.69, 9.17) is 4.52 Å². The van der Waals surface area contributed by atoms with E-state index in [1.165, 1.54) is 30.0 Å². The van der Waals surface area contributed by atoms with Gasteiger partial charge in [0.15, 0.2) is 0 Å². The van der Waals surface area contributed by atoms with Gasteiger partial charge in [0, 0.05) is 12.6 Å². The van der Waals surface area contributed by atoms with E-state index in [-0.39, 0.29) is 12.1 Å². The van der Waals surface area contributed by atoms with Crippen molar-refractivity contribution in [2.45, 2.75) is 39.5 Å². The first-order chi connectivity index (χ1) is 11.6. The maximum atomic E-state index is 13.1. The molecule has 1 atom stereocenters. The number of benzene rings is 1. The fourth-order valence-electron chi connectivity index (χ4n) is 2.54. The zero-order chi connectivity index (χ0) is 18.8. The molecule has 1 aromatic carbocycles. The number of amides is 2. The highest BCUT2D eigenvalue weighted by Gasteiger charge is 2.34. The van der Waals surface area contributed by atoms with Crippen molar-refractivity contribution < 1.29 is 22.5 Å². The second-order valence-electron chi connectivity index (χ2n) is 5.91. The van der Waals surface area contributed by atoms with Crippen LogP contribution in [0.25, 0.3) is 0 Å². The third-order valence-corrected chi connectivity index (χ3v) is 4.00. The normalized spacial score (nSPS) is 12.8. The fourth-order valence-corrected chi connectivity index (χ4v) is 2.54. The summed E-state index contributed by atoms with van der Waals surface area (Å²) in [6, 6.07) is 3.93. The lowest BCUT2D eigenvalue weighted by atomic mass is 10.0. The van der Waals surface area contributed by atoms with E-state index in [1.54, 1.807) is 20.9 Å². The van der Waals surface area contributed by atoms with Gasteiger partial charge in [-0.05, 0) is 32.4 Å². The molecule has 2 aromatic rings. The molecule has 0 aliphatic carbocycles. The van der Waals surface area contributed by atoms with Crippen molar-refractivity contribution in [3.8, 4) is 0 Å². The Balaban J connectivity index is 2.10. The van der Waals surface area contributed by atoms with E-state index in [0.717, 1.165) is 11.6 Å². The van der Waals surface area contributed by atoms with Crippen molar-refractivity contribution >= 4 is 6.03 Å². The lowest BCUT2D eigenvalue weighted by Crippen LogP contribution is -2.38. The van der Waals surface area contributed by atoms with Gasteiger partial charge in [0.05, 0.1) is 23.8 Å². The van der Waals surface area contributed by atoms with Crippen LogP contribution >= 0.6 is 0 Å². The molecule has 0 fully saturated rings. The number of nitrogens with zero attached hydrogens (tertiary/aromatic N) is 2. The van der Waals surface area contributed by atoms with Crippen LogP contribution < -0.4 is 5.32 Å². The highest BCUT2D eigenvalue weighted by Crippen LogP contribution is 2.34. The zero-order valence-corrected chi connectivity index (χ0v) is 14.4. The van der Waals surface area contributed by atoms with Crippen molar-refractivity contribution in [1.82, 2.24) is 15.4 Å². The van der Waals surface area contributed by atoms with Gasteiger partial charge in [-0.2, -0.15) is 13.2 Å². The monoisotopic (exact) mass is 355 g/mol. The number of rotatable bonds is 4. The van der Waals surface area contributed by atoms with Gasteiger partial charge in [-0.3, -0.25) is 0 Å². The molecule has 0 saturated carbocycles.